The number of hydrogen-bond acceptors (Lipinski definition) is 2. The number of rotatable bonds is 0. The third-order valence-corrected chi connectivity index (χ3v) is 1.93. The van der Waals surface area contributed by atoms with Gasteiger partial charge in [0.1, 0.15) is 0 Å². The molecule has 1 heterocycles. The summed E-state index contributed by atoms with van der Waals surface area (Å²) in [6, 6.07) is 5.52. The number of aromatic nitrogens is 1. The summed E-state index contributed by atoms with van der Waals surface area (Å²) in [5.41, 5.74) is 1.58. The molecule has 0 bridgehead atoms. The van der Waals surface area contributed by atoms with Crippen molar-refractivity contribution < 1.29 is 4.52 Å². The first-order valence-electron chi connectivity index (χ1n) is 3.29. The quantitative estimate of drug-likeness (QED) is 0.603. The fourth-order valence-corrected chi connectivity index (χ4v) is 1.40. The van der Waals surface area contributed by atoms with Crippen LogP contribution in [0.25, 0.3) is 11.0 Å². The van der Waals surface area contributed by atoms with Crippen molar-refractivity contribution in [2.24, 2.45) is 0 Å². The van der Waals surface area contributed by atoms with Crippen LogP contribution in [-0.2, 0) is 0 Å². The molecule has 0 amide bonds. The van der Waals surface area contributed by atoms with E-state index in [0.717, 1.165) is 16.7 Å². The maximum atomic E-state index is 5.90. The van der Waals surface area contributed by atoms with Crippen molar-refractivity contribution in [3.05, 3.63) is 28.9 Å². The van der Waals surface area contributed by atoms with E-state index in [4.69, 9.17) is 16.1 Å². The van der Waals surface area contributed by atoms with Gasteiger partial charge in [0.25, 0.3) is 0 Å². The molecule has 11 heavy (non-hydrogen) atoms. The van der Waals surface area contributed by atoms with E-state index < -0.39 is 0 Å². The zero-order valence-electron chi connectivity index (χ0n) is 5.97. The van der Waals surface area contributed by atoms with E-state index in [0.29, 0.717) is 5.02 Å². The second-order valence-corrected chi connectivity index (χ2v) is 2.79. The largest absolute Gasteiger partial charge is 0.356 e. The highest BCUT2D eigenvalue weighted by Crippen LogP contribution is 2.25. The standard InChI is InChI=1S/C8H6ClNO/c1-5-8-6(9)3-2-4-7(8)11-10-5/h2-4H,1H3. The summed E-state index contributed by atoms with van der Waals surface area (Å²) in [6.45, 7) is 1.87. The van der Waals surface area contributed by atoms with Crippen molar-refractivity contribution in [3.8, 4) is 0 Å². The van der Waals surface area contributed by atoms with Crippen LogP contribution in [0.5, 0.6) is 0 Å². The van der Waals surface area contributed by atoms with Gasteiger partial charge < -0.3 is 4.52 Å². The van der Waals surface area contributed by atoms with Gasteiger partial charge in [0.15, 0.2) is 5.58 Å². The van der Waals surface area contributed by atoms with Crippen LogP contribution in [0, 0.1) is 6.92 Å². The second-order valence-electron chi connectivity index (χ2n) is 2.38. The van der Waals surface area contributed by atoms with Gasteiger partial charge in [-0.15, -0.1) is 0 Å². The Labute approximate surface area is 68.7 Å². The van der Waals surface area contributed by atoms with Crippen molar-refractivity contribution >= 4 is 22.6 Å². The van der Waals surface area contributed by atoms with Crippen molar-refractivity contribution in [3.63, 3.8) is 0 Å². The number of benzene rings is 1. The monoisotopic (exact) mass is 167 g/mol. The normalized spacial score (nSPS) is 10.7. The Hall–Kier alpha value is -1.02. The number of nitrogens with zero attached hydrogens (tertiary/aromatic N) is 1. The topological polar surface area (TPSA) is 26.0 Å². The Morgan fingerprint density at radius 2 is 2.27 bits per heavy atom. The minimum Gasteiger partial charge on any atom is -0.356 e. The van der Waals surface area contributed by atoms with Gasteiger partial charge in [-0.1, -0.05) is 22.8 Å². The predicted molar refractivity (Wildman–Crippen MR) is 43.8 cm³/mol. The van der Waals surface area contributed by atoms with Gasteiger partial charge in [0.2, 0.25) is 0 Å². The van der Waals surface area contributed by atoms with E-state index in [9.17, 15) is 0 Å². The molecule has 0 radical (unpaired) electrons. The average Bonchev–Trinajstić information content (AvgIpc) is 2.34. The van der Waals surface area contributed by atoms with E-state index in [1.807, 2.05) is 25.1 Å². The number of aryl methyl sites for hydroxylation is 1. The van der Waals surface area contributed by atoms with E-state index in [1.54, 1.807) is 0 Å². The average molecular weight is 168 g/mol. The van der Waals surface area contributed by atoms with E-state index in [2.05, 4.69) is 5.16 Å². The lowest BCUT2D eigenvalue weighted by atomic mass is 10.2. The Balaban J connectivity index is 2.96. The number of fused-ring (bicyclic) bond motifs is 1. The van der Waals surface area contributed by atoms with Gasteiger partial charge in [-0.3, -0.25) is 0 Å². The van der Waals surface area contributed by atoms with Crippen molar-refractivity contribution in [2.75, 3.05) is 0 Å². The molecule has 0 saturated carbocycles. The Bertz CT molecular complexity index is 394. The van der Waals surface area contributed by atoms with E-state index >= 15 is 0 Å². The van der Waals surface area contributed by atoms with Crippen LogP contribution < -0.4 is 0 Å². The Kier molecular flexibility index (Phi) is 1.36. The molecule has 3 heteroatoms. The number of hydrogen-bond donors (Lipinski definition) is 0. The molecule has 0 spiro atoms. The van der Waals surface area contributed by atoms with E-state index in [-0.39, 0.29) is 0 Å². The summed E-state index contributed by atoms with van der Waals surface area (Å²) in [5, 5.41) is 5.40. The minimum atomic E-state index is 0.696. The maximum absolute atomic E-state index is 5.90. The SMILES string of the molecule is Cc1noc2cccc(Cl)c12. The highest BCUT2D eigenvalue weighted by Gasteiger charge is 2.05. The van der Waals surface area contributed by atoms with Crippen LogP contribution in [0.4, 0.5) is 0 Å². The molecule has 0 N–H and O–H groups in total. The highest BCUT2D eigenvalue weighted by atomic mass is 35.5. The summed E-state index contributed by atoms with van der Waals surface area (Å²) in [4.78, 5) is 0. The van der Waals surface area contributed by atoms with Gasteiger partial charge >= 0.3 is 0 Å². The maximum Gasteiger partial charge on any atom is 0.168 e. The third-order valence-electron chi connectivity index (χ3n) is 1.62. The summed E-state index contributed by atoms with van der Waals surface area (Å²) < 4.78 is 5.00. The molecule has 56 valence electrons. The van der Waals surface area contributed by atoms with Crippen LogP contribution in [0.2, 0.25) is 5.02 Å². The number of halogens is 1. The first-order valence-corrected chi connectivity index (χ1v) is 3.67. The summed E-state index contributed by atoms with van der Waals surface area (Å²) in [5.74, 6) is 0. The molecule has 0 aliphatic heterocycles. The summed E-state index contributed by atoms with van der Waals surface area (Å²) in [6.07, 6.45) is 0. The zero-order valence-corrected chi connectivity index (χ0v) is 6.72. The fourth-order valence-electron chi connectivity index (χ4n) is 1.09. The first-order chi connectivity index (χ1) is 5.29. The molecular weight excluding hydrogens is 162 g/mol. The van der Waals surface area contributed by atoms with Crippen LogP contribution in [0.3, 0.4) is 0 Å². The molecule has 2 nitrogen and oxygen atoms in total. The molecular formula is C8H6ClNO. The Morgan fingerprint density at radius 1 is 1.45 bits per heavy atom. The van der Waals surface area contributed by atoms with Crippen LogP contribution in [0.15, 0.2) is 22.7 Å². The zero-order chi connectivity index (χ0) is 7.84. The van der Waals surface area contributed by atoms with Gasteiger partial charge in [0, 0.05) is 0 Å². The lowest BCUT2D eigenvalue weighted by Gasteiger charge is -1.89. The summed E-state index contributed by atoms with van der Waals surface area (Å²) in [7, 11) is 0. The fraction of sp³-hybridized carbons (Fsp3) is 0.125. The van der Waals surface area contributed by atoms with Crippen LogP contribution >= 0.6 is 11.6 Å². The lowest BCUT2D eigenvalue weighted by molar-refractivity contribution is 0.450. The predicted octanol–water partition coefficient (Wildman–Crippen LogP) is 2.79. The smallest absolute Gasteiger partial charge is 0.168 e. The Morgan fingerprint density at radius 3 is 3.00 bits per heavy atom. The van der Waals surface area contributed by atoms with E-state index in [1.165, 1.54) is 0 Å². The van der Waals surface area contributed by atoms with Crippen LogP contribution in [0.1, 0.15) is 5.69 Å². The van der Waals surface area contributed by atoms with Crippen molar-refractivity contribution in [2.45, 2.75) is 6.92 Å². The molecule has 0 fully saturated rings. The van der Waals surface area contributed by atoms with Gasteiger partial charge in [-0.2, -0.15) is 0 Å². The van der Waals surface area contributed by atoms with Crippen LogP contribution in [-0.4, -0.2) is 5.16 Å². The molecule has 0 unspecified atom stereocenters. The van der Waals surface area contributed by atoms with Gasteiger partial charge in [-0.25, -0.2) is 0 Å². The molecule has 0 atom stereocenters. The molecule has 1 aromatic heterocycles. The van der Waals surface area contributed by atoms with Crippen molar-refractivity contribution in [1.29, 1.82) is 0 Å². The highest BCUT2D eigenvalue weighted by molar-refractivity contribution is 6.35. The molecule has 1 aromatic carbocycles. The second kappa shape index (κ2) is 2.24. The summed E-state index contributed by atoms with van der Waals surface area (Å²) >= 11 is 5.90. The molecule has 2 rings (SSSR count). The molecule has 2 aromatic rings. The van der Waals surface area contributed by atoms with Gasteiger partial charge in [-0.05, 0) is 19.1 Å². The first kappa shape index (κ1) is 6.68. The lowest BCUT2D eigenvalue weighted by Crippen LogP contribution is -1.70. The van der Waals surface area contributed by atoms with Gasteiger partial charge in [0.05, 0.1) is 16.1 Å². The minimum absolute atomic E-state index is 0.696. The third kappa shape index (κ3) is 0.906. The molecule has 0 aliphatic rings. The molecule has 0 aliphatic carbocycles. The van der Waals surface area contributed by atoms with Crippen molar-refractivity contribution in [1.82, 2.24) is 5.16 Å². The molecule has 0 saturated heterocycles.